The summed E-state index contributed by atoms with van der Waals surface area (Å²) in [4.78, 5) is 27.2. The first-order valence-electron chi connectivity index (χ1n) is 7.59. The van der Waals surface area contributed by atoms with Crippen LogP contribution in [0.25, 0.3) is 0 Å². The van der Waals surface area contributed by atoms with E-state index in [1.807, 2.05) is 0 Å². The van der Waals surface area contributed by atoms with Gasteiger partial charge in [-0.2, -0.15) is 0 Å². The molecule has 6 atom stereocenters. The standard InChI is InChI=1S/C17H13Cl2NO2/c18-7-1-4-12(19)13(5-7)20-16(21)14-8-2-3-9(11-6-10(8)11)15(14)17(20)22/h1-5,8-11,14-15H,6H2/t8-,9-,10-,11-,14+,15+/m0/s1. The van der Waals surface area contributed by atoms with Gasteiger partial charge in [0.2, 0.25) is 11.8 Å². The molecule has 2 saturated carbocycles. The highest BCUT2D eigenvalue weighted by Gasteiger charge is 2.67. The molecule has 0 spiro atoms. The van der Waals surface area contributed by atoms with Gasteiger partial charge in [-0.15, -0.1) is 0 Å². The number of halogens is 2. The second-order valence-electron chi connectivity index (χ2n) is 6.76. The summed E-state index contributed by atoms with van der Waals surface area (Å²) in [6, 6.07) is 4.89. The summed E-state index contributed by atoms with van der Waals surface area (Å²) in [5, 5.41) is 0.856. The summed E-state index contributed by atoms with van der Waals surface area (Å²) in [6.07, 6.45) is 5.48. The molecule has 2 amide bonds. The molecule has 3 fully saturated rings. The fourth-order valence-corrected chi connectivity index (χ4v) is 5.22. The lowest BCUT2D eigenvalue weighted by Gasteiger charge is -2.37. The maximum atomic E-state index is 12.9. The molecule has 0 radical (unpaired) electrons. The van der Waals surface area contributed by atoms with Gasteiger partial charge in [0, 0.05) is 5.02 Å². The van der Waals surface area contributed by atoms with Crippen molar-refractivity contribution in [1.82, 2.24) is 0 Å². The van der Waals surface area contributed by atoms with Gasteiger partial charge < -0.3 is 0 Å². The Hall–Kier alpha value is -1.32. The van der Waals surface area contributed by atoms with Crippen LogP contribution in [0.3, 0.4) is 0 Å². The van der Waals surface area contributed by atoms with Crippen LogP contribution in [0.2, 0.25) is 10.0 Å². The van der Waals surface area contributed by atoms with Crippen molar-refractivity contribution >= 4 is 40.7 Å². The Balaban J connectivity index is 1.62. The van der Waals surface area contributed by atoms with Gasteiger partial charge in [-0.3, -0.25) is 9.59 Å². The average molecular weight is 334 g/mol. The van der Waals surface area contributed by atoms with Crippen LogP contribution in [-0.4, -0.2) is 11.8 Å². The number of carbonyl (C=O) groups excluding carboxylic acids is 2. The minimum absolute atomic E-state index is 0.108. The Morgan fingerprint density at radius 1 is 0.955 bits per heavy atom. The third-order valence-electron chi connectivity index (χ3n) is 5.81. The van der Waals surface area contributed by atoms with Gasteiger partial charge in [0.05, 0.1) is 22.5 Å². The average Bonchev–Trinajstić information content (AvgIpc) is 3.28. The zero-order valence-electron chi connectivity index (χ0n) is 11.6. The van der Waals surface area contributed by atoms with Gasteiger partial charge in [0.25, 0.3) is 0 Å². The van der Waals surface area contributed by atoms with E-state index in [0.717, 1.165) is 6.42 Å². The second-order valence-corrected chi connectivity index (χ2v) is 7.61. The minimum atomic E-state index is -0.207. The maximum Gasteiger partial charge on any atom is 0.238 e. The van der Waals surface area contributed by atoms with Crippen molar-refractivity contribution in [3.63, 3.8) is 0 Å². The summed E-state index contributed by atoms with van der Waals surface area (Å²) in [5.41, 5.74) is 0.423. The van der Waals surface area contributed by atoms with Crippen molar-refractivity contribution in [2.24, 2.45) is 35.5 Å². The van der Waals surface area contributed by atoms with Crippen LogP contribution in [0.15, 0.2) is 30.4 Å². The minimum Gasteiger partial charge on any atom is -0.274 e. The number of allylic oxidation sites excluding steroid dienone is 2. The first-order valence-corrected chi connectivity index (χ1v) is 8.34. The second kappa shape index (κ2) is 4.15. The van der Waals surface area contributed by atoms with E-state index < -0.39 is 0 Å². The van der Waals surface area contributed by atoms with E-state index in [9.17, 15) is 9.59 Å². The van der Waals surface area contributed by atoms with Gasteiger partial charge in [0.15, 0.2) is 0 Å². The van der Waals surface area contributed by atoms with E-state index in [-0.39, 0.29) is 35.5 Å². The monoisotopic (exact) mass is 333 g/mol. The normalized spacial score (nSPS) is 40.9. The molecule has 0 N–H and O–H groups in total. The first kappa shape index (κ1) is 13.1. The number of rotatable bonds is 1. The molecule has 1 heterocycles. The lowest BCUT2D eigenvalue weighted by molar-refractivity contribution is -0.124. The third-order valence-corrected chi connectivity index (χ3v) is 6.37. The van der Waals surface area contributed by atoms with Gasteiger partial charge >= 0.3 is 0 Å². The number of amides is 2. The molecule has 1 aromatic rings. The van der Waals surface area contributed by atoms with E-state index in [2.05, 4.69) is 12.2 Å². The van der Waals surface area contributed by atoms with E-state index in [0.29, 0.717) is 27.6 Å². The van der Waals surface area contributed by atoms with Gasteiger partial charge in [-0.1, -0.05) is 35.4 Å². The Labute approximate surface area is 137 Å². The number of nitrogens with zero attached hydrogens (tertiary/aromatic N) is 1. The highest BCUT2D eigenvalue weighted by molar-refractivity contribution is 6.37. The summed E-state index contributed by atoms with van der Waals surface area (Å²) in [7, 11) is 0. The number of hydrogen-bond donors (Lipinski definition) is 0. The van der Waals surface area contributed by atoms with E-state index in [1.54, 1.807) is 18.2 Å². The lowest BCUT2D eigenvalue weighted by Crippen LogP contribution is -2.40. The zero-order chi connectivity index (χ0) is 15.2. The molecule has 1 aliphatic heterocycles. The number of anilines is 1. The van der Waals surface area contributed by atoms with E-state index >= 15 is 0 Å². The van der Waals surface area contributed by atoms with Crippen molar-refractivity contribution in [2.45, 2.75) is 6.42 Å². The van der Waals surface area contributed by atoms with Crippen LogP contribution in [0.4, 0.5) is 5.69 Å². The highest BCUT2D eigenvalue weighted by Crippen LogP contribution is 2.65. The zero-order valence-corrected chi connectivity index (χ0v) is 13.1. The number of imide groups is 1. The summed E-state index contributed by atoms with van der Waals surface area (Å²) < 4.78 is 0. The molecule has 3 nitrogen and oxygen atoms in total. The van der Waals surface area contributed by atoms with Crippen molar-refractivity contribution in [2.75, 3.05) is 4.90 Å². The molecule has 2 bridgehead atoms. The van der Waals surface area contributed by atoms with Crippen molar-refractivity contribution in [1.29, 1.82) is 0 Å². The Morgan fingerprint density at radius 2 is 1.55 bits per heavy atom. The molecule has 22 heavy (non-hydrogen) atoms. The van der Waals surface area contributed by atoms with Gasteiger partial charge in [0.1, 0.15) is 0 Å². The summed E-state index contributed by atoms with van der Waals surface area (Å²) >= 11 is 12.2. The van der Waals surface area contributed by atoms with Crippen LogP contribution in [0.5, 0.6) is 0 Å². The number of carbonyl (C=O) groups is 2. The van der Waals surface area contributed by atoms with Crippen LogP contribution in [0, 0.1) is 35.5 Å². The molecule has 112 valence electrons. The molecule has 0 aromatic heterocycles. The largest absolute Gasteiger partial charge is 0.274 e. The fraction of sp³-hybridized carbons (Fsp3) is 0.412. The van der Waals surface area contributed by atoms with Crippen LogP contribution in [0.1, 0.15) is 6.42 Å². The SMILES string of the molecule is O=C1[C@@H]2[C@H]3C=C[C@@H]([C@@H]4C[C@@H]34)[C@H]2C(=O)N1c1cc(Cl)ccc1Cl. The Morgan fingerprint density at radius 3 is 2.14 bits per heavy atom. The molecule has 4 aliphatic carbocycles. The Bertz CT molecular complexity index is 723. The topological polar surface area (TPSA) is 37.4 Å². The molecule has 5 heteroatoms. The Kier molecular flexibility index (Phi) is 2.48. The molecule has 0 unspecified atom stereocenters. The molecular weight excluding hydrogens is 321 g/mol. The van der Waals surface area contributed by atoms with Crippen LogP contribution < -0.4 is 4.90 Å². The number of benzene rings is 1. The summed E-state index contributed by atoms with van der Waals surface area (Å²) in [6.45, 7) is 0. The molecule has 5 aliphatic rings. The smallest absolute Gasteiger partial charge is 0.238 e. The van der Waals surface area contributed by atoms with Crippen LogP contribution in [-0.2, 0) is 9.59 Å². The van der Waals surface area contributed by atoms with E-state index in [1.165, 1.54) is 4.90 Å². The fourth-order valence-electron chi connectivity index (χ4n) is 4.85. The molecule has 1 saturated heterocycles. The van der Waals surface area contributed by atoms with Crippen molar-refractivity contribution < 1.29 is 9.59 Å². The molecule has 6 rings (SSSR count). The predicted molar refractivity (Wildman–Crippen MR) is 83.7 cm³/mol. The van der Waals surface area contributed by atoms with Crippen LogP contribution >= 0.6 is 23.2 Å². The third kappa shape index (κ3) is 1.49. The van der Waals surface area contributed by atoms with Crippen molar-refractivity contribution in [3.8, 4) is 0 Å². The quantitative estimate of drug-likeness (QED) is 0.582. The van der Waals surface area contributed by atoms with Gasteiger partial charge in [-0.05, 0) is 48.3 Å². The summed E-state index contributed by atoms with van der Waals surface area (Å²) in [5.74, 6) is 1.01. The van der Waals surface area contributed by atoms with E-state index in [4.69, 9.17) is 23.2 Å². The molecular formula is C17H13Cl2NO2. The van der Waals surface area contributed by atoms with Gasteiger partial charge in [-0.25, -0.2) is 4.90 Å². The number of hydrogen-bond acceptors (Lipinski definition) is 2. The van der Waals surface area contributed by atoms with Crippen molar-refractivity contribution in [3.05, 3.63) is 40.4 Å². The predicted octanol–water partition coefficient (Wildman–Crippen LogP) is 3.55. The first-order chi connectivity index (χ1) is 10.6. The maximum absolute atomic E-state index is 12.9. The molecule has 1 aromatic carbocycles. The highest BCUT2D eigenvalue weighted by atomic mass is 35.5. The lowest BCUT2D eigenvalue weighted by atomic mass is 9.63.